The normalized spacial score (nSPS) is 13.4. The smallest absolute Gasteiger partial charge is 0.304 e. The molecule has 0 aliphatic rings. The van der Waals surface area contributed by atoms with Crippen molar-refractivity contribution in [1.29, 1.82) is 0 Å². The number of rotatable bonds is 6. The largest absolute Gasteiger partial charge is 0.481 e. The van der Waals surface area contributed by atoms with Crippen LogP contribution in [0.4, 0.5) is 8.78 Å². The van der Waals surface area contributed by atoms with Crippen LogP contribution in [-0.2, 0) is 14.8 Å². The van der Waals surface area contributed by atoms with Crippen LogP contribution in [0.1, 0.15) is 20.3 Å². The number of carboxylic acids is 1. The highest BCUT2D eigenvalue weighted by Gasteiger charge is 2.33. The number of sulfonamides is 1. The fraction of sp³-hybridized carbons (Fsp3) is 0.417. The highest BCUT2D eigenvalue weighted by atomic mass is 32.2. The van der Waals surface area contributed by atoms with Gasteiger partial charge in [0.2, 0.25) is 10.0 Å². The number of aliphatic carboxylic acids is 1. The lowest BCUT2D eigenvalue weighted by atomic mass is 10.2. The molecule has 1 aromatic carbocycles. The lowest BCUT2D eigenvalue weighted by molar-refractivity contribution is -0.137. The van der Waals surface area contributed by atoms with Crippen molar-refractivity contribution in [2.45, 2.75) is 31.2 Å². The maximum atomic E-state index is 13.6. The zero-order valence-corrected chi connectivity index (χ0v) is 11.8. The van der Waals surface area contributed by atoms with Gasteiger partial charge in [-0.05, 0) is 19.1 Å². The van der Waals surface area contributed by atoms with E-state index in [1.165, 1.54) is 13.8 Å². The van der Waals surface area contributed by atoms with E-state index in [0.717, 1.165) is 22.5 Å². The van der Waals surface area contributed by atoms with Gasteiger partial charge in [-0.1, -0.05) is 13.0 Å². The molecular formula is C12H15F2NO4S. The number of carbonyl (C=O) groups is 1. The third kappa shape index (κ3) is 3.31. The van der Waals surface area contributed by atoms with Gasteiger partial charge in [0.25, 0.3) is 0 Å². The molecule has 0 saturated heterocycles. The molecule has 1 atom stereocenters. The van der Waals surface area contributed by atoms with Crippen LogP contribution in [0.25, 0.3) is 0 Å². The topological polar surface area (TPSA) is 74.7 Å². The van der Waals surface area contributed by atoms with E-state index in [9.17, 15) is 22.0 Å². The van der Waals surface area contributed by atoms with Gasteiger partial charge >= 0.3 is 5.97 Å². The van der Waals surface area contributed by atoms with Crippen molar-refractivity contribution in [3.63, 3.8) is 0 Å². The molecule has 0 amide bonds. The molecule has 0 aliphatic carbocycles. The fourth-order valence-corrected chi connectivity index (χ4v) is 3.67. The molecule has 0 heterocycles. The summed E-state index contributed by atoms with van der Waals surface area (Å²) in [6.45, 7) is 2.74. The molecule has 0 saturated carbocycles. The maximum Gasteiger partial charge on any atom is 0.304 e. The Hall–Kier alpha value is -1.54. The minimum Gasteiger partial charge on any atom is -0.481 e. The van der Waals surface area contributed by atoms with Crippen molar-refractivity contribution < 1.29 is 27.1 Å². The van der Waals surface area contributed by atoms with Gasteiger partial charge in [-0.25, -0.2) is 17.2 Å². The molecule has 1 aromatic rings. The van der Waals surface area contributed by atoms with Crippen molar-refractivity contribution in [3.05, 3.63) is 29.8 Å². The molecule has 1 rings (SSSR count). The Balaban J connectivity index is 3.29. The number of hydrogen-bond donors (Lipinski definition) is 1. The number of halogens is 2. The molecule has 1 unspecified atom stereocenters. The molecule has 5 nitrogen and oxygen atoms in total. The summed E-state index contributed by atoms with van der Waals surface area (Å²) in [5.74, 6) is -3.60. The average Bonchev–Trinajstić information content (AvgIpc) is 2.27. The Morgan fingerprint density at radius 3 is 2.25 bits per heavy atom. The summed E-state index contributed by atoms with van der Waals surface area (Å²) in [6, 6.07) is 1.82. The molecule has 112 valence electrons. The number of benzene rings is 1. The van der Waals surface area contributed by atoms with Gasteiger partial charge in [0, 0.05) is 12.6 Å². The van der Waals surface area contributed by atoms with E-state index < -0.39 is 45.0 Å². The fourth-order valence-electron chi connectivity index (χ4n) is 1.92. The lowest BCUT2D eigenvalue weighted by Gasteiger charge is -2.26. The van der Waals surface area contributed by atoms with Crippen LogP contribution in [0.5, 0.6) is 0 Å². The van der Waals surface area contributed by atoms with Crippen LogP contribution in [0.3, 0.4) is 0 Å². The van der Waals surface area contributed by atoms with Crippen molar-refractivity contribution in [2.24, 2.45) is 0 Å². The summed E-state index contributed by atoms with van der Waals surface area (Å²) in [5, 5.41) is 8.70. The Morgan fingerprint density at radius 1 is 1.35 bits per heavy atom. The van der Waals surface area contributed by atoms with Crippen molar-refractivity contribution in [3.8, 4) is 0 Å². The standard InChI is InChI=1S/C12H15F2NO4S/c1-3-15(8(2)7-11(16)17)20(18,19)12-9(13)5-4-6-10(12)14/h4-6,8H,3,7H2,1-2H3,(H,16,17). The highest BCUT2D eigenvalue weighted by molar-refractivity contribution is 7.89. The minimum atomic E-state index is -4.44. The zero-order chi connectivity index (χ0) is 15.5. The molecule has 0 radical (unpaired) electrons. The van der Waals surface area contributed by atoms with Crippen LogP contribution in [0.2, 0.25) is 0 Å². The van der Waals surface area contributed by atoms with E-state index in [0.29, 0.717) is 0 Å². The Morgan fingerprint density at radius 2 is 1.85 bits per heavy atom. The summed E-state index contributed by atoms with van der Waals surface area (Å²) in [7, 11) is -4.44. The third-order valence-corrected chi connectivity index (χ3v) is 4.90. The Bertz CT molecular complexity index is 583. The first-order valence-corrected chi connectivity index (χ1v) is 7.33. The van der Waals surface area contributed by atoms with Crippen molar-refractivity contribution in [2.75, 3.05) is 6.54 Å². The molecular weight excluding hydrogens is 292 g/mol. The first-order valence-electron chi connectivity index (χ1n) is 5.89. The number of hydrogen-bond acceptors (Lipinski definition) is 3. The van der Waals surface area contributed by atoms with Gasteiger partial charge in [-0.15, -0.1) is 0 Å². The van der Waals surface area contributed by atoms with Gasteiger partial charge in [0.1, 0.15) is 11.6 Å². The molecule has 0 aliphatic heterocycles. The molecule has 8 heteroatoms. The predicted octanol–water partition coefficient (Wildman–Crippen LogP) is 1.84. The quantitative estimate of drug-likeness (QED) is 0.870. The van der Waals surface area contributed by atoms with Crippen molar-refractivity contribution in [1.82, 2.24) is 4.31 Å². The predicted molar refractivity (Wildman–Crippen MR) is 67.6 cm³/mol. The third-order valence-electron chi connectivity index (χ3n) is 2.76. The number of nitrogens with zero attached hydrogens (tertiary/aromatic N) is 1. The molecule has 0 aromatic heterocycles. The number of carboxylic acid groups (broad SMARTS) is 1. The second kappa shape index (κ2) is 6.27. The average molecular weight is 307 g/mol. The van der Waals surface area contributed by atoms with Gasteiger partial charge in [0.05, 0.1) is 6.42 Å². The molecule has 20 heavy (non-hydrogen) atoms. The molecule has 0 bridgehead atoms. The van der Waals surface area contributed by atoms with E-state index >= 15 is 0 Å². The minimum absolute atomic E-state index is 0.0927. The maximum absolute atomic E-state index is 13.6. The van der Waals surface area contributed by atoms with E-state index in [-0.39, 0.29) is 6.54 Å². The summed E-state index contributed by atoms with van der Waals surface area (Å²) in [4.78, 5) is 9.60. The SMILES string of the molecule is CCN(C(C)CC(=O)O)S(=O)(=O)c1c(F)cccc1F. The first kappa shape index (κ1) is 16.5. The van der Waals surface area contributed by atoms with Crippen LogP contribution in [0, 0.1) is 11.6 Å². The van der Waals surface area contributed by atoms with Crippen LogP contribution >= 0.6 is 0 Å². The molecule has 1 N–H and O–H groups in total. The highest BCUT2D eigenvalue weighted by Crippen LogP contribution is 2.24. The summed E-state index contributed by atoms with van der Waals surface area (Å²) < 4.78 is 52.5. The van der Waals surface area contributed by atoms with Crippen LogP contribution < -0.4 is 0 Å². The molecule has 0 spiro atoms. The van der Waals surface area contributed by atoms with E-state index in [1.807, 2.05) is 0 Å². The summed E-state index contributed by atoms with van der Waals surface area (Å²) in [6.07, 6.45) is -0.455. The Labute approximate surface area is 115 Å². The molecule has 0 fully saturated rings. The van der Waals surface area contributed by atoms with E-state index in [1.54, 1.807) is 0 Å². The lowest BCUT2D eigenvalue weighted by Crippen LogP contribution is -2.40. The van der Waals surface area contributed by atoms with E-state index in [2.05, 4.69) is 0 Å². The van der Waals surface area contributed by atoms with Gasteiger partial charge < -0.3 is 5.11 Å². The zero-order valence-electron chi connectivity index (χ0n) is 11.0. The Kier molecular flexibility index (Phi) is 5.18. The second-order valence-corrected chi connectivity index (χ2v) is 6.03. The van der Waals surface area contributed by atoms with Gasteiger partial charge in [-0.2, -0.15) is 4.31 Å². The summed E-state index contributed by atoms with van der Waals surface area (Å²) >= 11 is 0. The van der Waals surface area contributed by atoms with Gasteiger partial charge in [-0.3, -0.25) is 4.79 Å². The van der Waals surface area contributed by atoms with Gasteiger partial charge in [0.15, 0.2) is 4.90 Å². The van der Waals surface area contributed by atoms with Crippen LogP contribution in [-0.4, -0.2) is 36.4 Å². The second-order valence-electron chi connectivity index (χ2n) is 4.21. The summed E-state index contributed by atoms with van der Waals surface area (Å²) in [5.41, 5.74) is 0. The van der Waals surface area contributed by atoms with Crippen molar-refractivity contribution >= 4 is 16.0 Å². The monoisotopic (exact) mass is 307 g/mol. The van der Waals surface area contributed by atoms with Crippen LogP contribution in [0.15, 0.2) is 23.1 Å². The van der Waals surface area contributed by atoms with E-state index in [4.69, 9.17) is 5.11 Å². The first-order chi connectivity index (χ1) is 9.21.